The Bertz CT molecular complexity index is 1590. The third-order valence-electron chi connectivity index (χ3n) is 8.55. The van der Waals surface area contributed by atoms with E-state index < -0.39 is 24.4 Å². The third-order valence-corrected chi connectivity index (χ3v) is 8.55. The van der Waals surface area contributed by atoms with Gasteiger partial charge in [0.25, 0.3) is 0 Å². The molecule has 4 aromatic rings. The van der Waals surface area contributed by atoms with Gasteiger partial charge in [-0.3, -0.25) is 4.90 Å². The summed E-state index contributed by atoms with van der Waals surface area (Å²) >= 11 is 0. The number of rotatable bonds is 9. The van der Waals surface area contributed by atoms with E-state index in [4.69, 9.17) is 14.5 Å². The van der Waals surface area contributed by atoms with Crippen molar-refractivity contribution >= 4 is 22.8 Å². The zero-order valence-electron chi connectivity index (χ0n) is 24.6. The van der Waals surface area contributed by atoms with E-state index in [1.165, 1.54) is 0 Å². The summed E-state index contributed by atoms with van der Waals surface area (Å²) in [6, 6.07) is 25.4. The number of ether oxygens (including phenoxy) is 2. The number of carbonyl (C=O) groups is 1. The second-order valence-corrected chi connectivity index (χ2v) is 11.3. The summed E-state index contributed by atoms with van der Waals surface area (Å²) < 4.78 is 50.0. The van der Waals surface area contributed by atoms with E-state index in [2.05, 4.69) is 21.9 Å². The molecule has 2 heterocycles. The van der Waals surface area contributed by atoms with Crippen LogP contribution in [0.3, 0.4) is 0 Å². The molecular formula is C34H35F3N4O3. The smallest absolute Gasteiger partial charge is 0.408 e. The molecule has 0 unspecified atom stereocenters. The van der Waals surface area contributed by atoms with Gasteiger partial charge in [-0.05, 0) is 55.1 Å². The van der Waals surface area contributed by atoms with Crippen LogP contribution < -0.4 is 15.0 Å². The number of amides is 1. The SMILES string of the molecule is COc1cccc2ccc(N3CCN(CCCCC4(OC(=O)NCC(F)(F)F)c5ccccc5-c5ccccc54)CC3)nc12. The highest BCUT2D eigenvalue weighted by molar-refractivity contribution is 5.86. The van der Waals surface area contributed by atoms with E-state index in [0.29, 0.717) is 6.42 Å². The maximum absolute atomic E-state index is 12.9. The Morgan fingerprint density at radius 3 is 2.23 bits per heavy atom. The molecule has 1 saturated heterocycles. The fraction of sp³-hybridized carbons (Fsp3) is 0.353. The van der Waals surface area contributed by atoms with Gasteiger partial charge in [0.2, 0.25) is 0 Å². The molecule has 0 saturated carbocycles. The predicted octanol–water partition coefficient (Wildman–Crippen LogP) is 6.75. The maximum atomic E-state index is 12.9. The van der Waals surface area contributed by atoms with Gasteiger partial charge in [0.1, 0.15) is 23.6 Å². The number of halogens is 3. The zero-order chi connectivity index (χ0) is 30.7. The van der Waals surface area contributed by atoms with E-state index in [1.54, 1.807) is 7.11 Å². The quantitative estimate of drug-likeness (QED) is 0.213. The molecule has 1 aliphatic heterocycles. The minimum atomic E-state index is -4.53. The first-order chi connectivity index (χ1) is 21.3. The Morgan fingerprint density at radius 1 is 0.886 bits per heavy atom. The number of anilines is 1. The van der Waals surface area contributed by atoms with Gasteiger partial charge < -0.3 is 19.7 Å². The topological polar surface area (TPSA) is 66.9 Å². The first kappa shape index (κ1) is 29.7. The highest BCUT2D eigenvalue weighted by Crippen LogP contribution is 2.52. The summed E-state index contributed by atoms with van der Waals surface area (Å²) in [6.07, 6.45) is -3.57. The second-order valence-electron chi connectivity index (χ2n) is 11.3. The van der Waals surface area contributed by atoms with Crippen molar-refractivity contribution in [2.24, 2.45) is 0 Å². The van der Waals surface area contributed by atoms with E-state index in [-0.39, 0.29) is 0 Å². The number of carbonyl (C=O) groups excluding carboxylic acids is 1. The molecule has 1 aliphatic carbocycles. The number of fused-ring (bicyclic) bond motifs is 4. The number of piperazine rings is 1. The van der Waals surface area contributed by atoms with Gasteiger partial charge in [0.05, 0.1) is 7.11 Å². The summed E-state index contributed by atoms with van der Waals surface area (Å²) in [7, 11) is 1.66. The average molecular weight is 605 g/mol. The van der Waals surface area contributed by atoms with Crippen LogP contribution in [0.25, 0.3) is 22.0 Å². The van der Waals surface area contributed by atoms with Crippen LogP contribution in [0.1, 0.15) is 30.4 Å². The molecule has 1 aromatic heterocycles. The van der Waals surface area contributed by atoms with Gasteiger partial charge in [-0.15, -0.1) is 0 Å². The number of benzene rings is 3. The van der Waals surface area contributed by atoms with Crippen molar-refractivity contribution < 1.29 is 27.4 Å². The standard InChI is InChI=1S/C34H35F3N4O3/c1-43-29-14-8-9-24-15-16-30(39-31(24)29)41-21-19-40(20-22-41)18-7-6-17-33(44-32(42)38-23-34(35,36)37)27-12-4-2-10-25(27)26-11-3-5-13-28(26)33/h2-5,8-16H,6-7,17-23H2,1H3,(H,38,42). The van der Waals surface area contributed by atoms with Crippen molar-refractivity contribution in [2.45, 2.75) is 31.0 Å². The number of aromatic nitrogens is 1. The molecule has 0 atom stereocenters. The monoisotopic (exact) mass is 604 g/mol. The summed E-state index contributed by atoms with van der Waals surface area (Å²) in [4.78, 5) is 22.3. The normalized spacial score (nSPS) is 16.0. The lowest BCUT2D eigenvalue weighted by atomic mass is 9.86. The van der Waals surface area contributed by atoms with Gasteiger partial charge >= 0.3 is 12.3 Å². The van der Waals surface area contributed by atoms with Crippen LogP contribution in [0.2, 0.25) is 0 Å². The first-order valence-electron chi connectivity index (χ1n) is 14.9. The molecule has 6 rings (SSSR count). The zero-order valence-corrected chi connectivity index (χ0v) is 24.6. The van der Waals surface area contributed by atoms with Gasteiger partial charge in [-0.2, -0.15) is 13.2 Å². The van der Waals surface area contributed by atoms with Crippen LogP contribution in [0, 0.1) is 0 Å². The summed E-state index contributed by atoms with van der Waals surface area (Å²) in [5.41, 5.74) is 3.16. The van der Waals surface area contributed by atoms with Crippen molar-refractivity contribution in [3.8, 4) is 16.9 Å². The number of pyridine rings is 1. The van der Waals surface area contributed by atoms with E-state index in [1.807, 2.05) is 72.0 Å². The van der Waals surface area contributed by atoms with Crippen molar-refractivity contribution in [3.63, 3.8) is 0 Å². The van der Waals surface area contributed by atoms with E-state index in [9.17, 15) is 18.0 Å². The molecule has 0 radical (unpaired) electrons. The number of unbranched alkanes of at least 4 members (excludes halogenated alkanes) is 1. The van der Waals surface area contributed by atoms with Gasteiger partial charge in [0, 0.05) is 42.7 Å². The fourth-order valence-corrected chi connectivity index (χ4v) is 6.44. The molecule has 1 fully saturated rings. The number of methoxy groups -OCH3 is 1. The van der Waals surface area contributed by atoms with Crippen molar-refractivity contribution in [1.82, 2.24) is 15.2 Å². The number of alkyl halides is 3. The lowest BCUT2D eigenvalue weighted by Gasteiger charge is -2.36. The van der Waals surface area contributed by atoms with E-state index in [0.717, 1.165) is 90.3 Å². The van der Waals surface area contributed by atoms with Crippen LogP contribution in [0.5, 0.6) is 5.75 Å². The lowest BCUT2D eigenvalue weighted by Crippen LogP contribution is -2.47. The van der Waals surface area contributed by atoms with Crippen molar-refractivity contribution in [1.29, 1.82) is 0 Å². The largest absolute Gasteiger partial charge is 0.494 e. The summed E-state index contributed by atoms with van der Waals surface area (Å²) in [5, 5.41) is 2.94. The van der Waals surface area contributed by atoms with Crippen LogP contribution in [0.15, 0.2) is 78.9 Å². The second kappa shape index (κ2) is 12.4. The molecule has 1 N–H and O–H groups in total. The Balaban J connectivity index is 1.10. The Labute approximate surface area is 254 Å². The molecule has 1 amide bonds. The maximum Gasteiger partial charge on any atom is 0.408 e. The first-order valence-corrected chi connectivity index (χ1v) is 14.9. The molecule has 0 spiro atoms. The molecule has 7 nitrogen and oxygen atoms in total. The third kappa shape index (κ3) is 6.04. The van der Waals surface area contributed by atoms with Gasteiger partial charge in [0.15, 0.2) is 5.60 Å². The van der Waals surface area contributed by atoms with Gasteiger partial charge in [-0.1, -0.05) is 60.7 Å². The number of alkyl carbamates (subject to hydrolysis) is 1. The van der Waals surface area contributed by atoms with Crippen LogP contribution in [0.4, 0.5) is 23.8 Å². The predicted molar refractivity (Wildman–Crippen MR) is 164 cm³/mol. The Kier molecular flexibility index (Phi) is 8.35. The molecule has 0 bridgehead atoms. The summed E-state index contributed by atoms with van der Waals surface area (Å²) in [6.45, 7) is 2.89. The number of nitrogens with zero attached hydrogens (tertiary/aromatic N) is 3. The highest BCUT2D eigenvalue weighted by atomic mass is 19.4. The van der Waals surface area contributed by atoms with Crippen molar-refractivity contribution in [2.75, 3.05) is 51.3 Å². The van der Waals surface area contributed by atoms with Crippen LogP contribution >= 0.6 is 0 Å². The number of nitrogens with one attached hydrogen (secondary N) is 1. The highest BCUT2D eigenvalue weighted by Gasteiger charge is 2.46. The number of para-hydroxylation sites is 1. The number of hydrogen-bond donors (Lipinski definition) is 1. The average Bonchev–Trinajstić information content (AvgIpc) is 3.31. The Hall–Kier alpha value is -4.31. The van der Waals surface area contributed by atoms with Crippen LogP contribution in [-0.2, 0) is 10.3 Å². The molecule has 10 heteroatoms. The van der Waals surface area contributed by atoms with Crippen molar-refractivity contribution in [3.05, 3.63) is 90.0 Å². The number of hydrogen-bond acceptors (Lipinski definition) is 6. The van der Waals surface area contributed by atoms with Gasteiger partial charge in [-0.25, -0.2) is 9.78 Å². The molecular weight excluding hydrogens is 569 g/mol. The minimum absolute atomic E-state index is 0.462. The minimum Gasteiger partial charge on any atom is -0.494 e. The fourth-order valence-electron chi connectivity index (χ4n) is 6.44. The molecule has 3 aromatic carbocycles. The summed E-state index contributed by atoms with van der Waals surface area (Å²) in [5.74, 6) is 1.69. The van der Waals surface area contributed by atoms with Crippen LogP contribution in [-0.4, -0.2) is 68.5 Å². The lowest BCUT2D eigenvalue weighted by molar-refractivity contribution is -0.124. The van der Waals surface area contributed by atoms with E-state index >= 15 is 0 Å². The molecule has 230 valence electrons. The molecule has 2 aliphatic rings. The molecule has 44 heavy (non-hydrogen) atoms. The Morgan fingerprint density at radius 2 is 1.57 bits per heavy atom.